The zero-order valence-electron chi connectivity index (χ0n) is 11.1. The van der Waals surface area contributed by atoms with Crippen LogP contribution in [0.4, 0.5) is 11.5 Å². The van der Waals surface area contributed by atoms with E-state index in [9.17, 15) is 0 Å². The minimum Gasteiger partial charge on any atom is -0.399 e. The molecule has 20 heavy (non-hydrogen) atoms. The molecule has 1 aromatic heterocycles. The van der Waals surface area contributed by atoms with Crippen molar-refractivity contribution in [1.29, 1.82) is 0 Å². The molecule has 0 atom stereocenters. The number of anilines is 2. The Balaban J connectivity index is 1.74. The summed E-state index contributed by atoms with van der Waals surface area (Å²) < 4.78 is 0. The van der Waals surface area contributed by atoms with Crippen molar-refractivity contribution in [2.24, 2.45) is 0 Å². The van der Waals surface area contributed by atoms with Gasteiger partial charge in [-0.1, -0.05) is 30.3 Å². The Morgan fingerprint density at radius 2 is 1.85 bits per heavy atom. The number of benzene rings is 2. The lowest BCUT2D eigenvalue weighted by atomic mass is 10.1. The molecule has 3 N–H and O–H groups in total. The van der Waals surface area contributed by atoms with E-state index >= 15 is 0 Å². The number of nitrogens with two attached hydrogens (primary N) is 1. The molecule has 0 aliphatic heterocycles. The normalized spacial score (nSPS) is 10.6. The summed E-state index contributed by atoms with van der Waals surface area (Å²) in [4.78, 5) is 8.54. The van der Waals surface area contributed by atoms with Crippen molar-refractivity contribution in [2.75, 3.05) is 17.6 Å². The molecule has 0 radical (unpaired) electrons. The molecule has 0 saturated heterocycles. The molecule has 2 aromatic carbocycles. The Morgan fingerprint density at radius 3 is 2.70 bits per heavy atom. The average molecular weight is 264 g/mol. The van der Waals surface area contributed by atoms with Crippen LogP contribution < -0.4 is 11.1 Å². The topological polar surface area (TPSA) is 63.8 Å². The molecule has 3 rings (SSSR count). The van der Waals surface area contributed by atoms with Crippen LogP contribution in [-0.2, 0) is 6.42 Å². The van der Waals surface area contributed by atoms with Gasteiger partial charge in [-0.2, -0.15) is 0 Å². The lowest BCUT2D eigenvalue weighted by Crippen LogP contribution is -2.07. The number of nitrogens with one attached hydrogen (secondary N) is 1. The van der Waals surface area contributed by atoms with Crippen LogP contribution in [0.3, 0.4) is 0 Å². The van der Waals surface area contributed by atoms with Gasteiger partial charge in [0.2, 0.25) is 0 Å². The number of nitrogens with zero attached hydrogens (tertiary/aromatic N) is 2. The van der Waals surface area contributed by atoms with Gasteiger partial charge in [-0.05, 0) is 30.2 Å². The maximum absolute atomic E-state index is 5.77. The number of fused-ring (bicyclic) bond motifs is 1. The van der Waals surface area contributed by atoms with Crippen LogP contribution in [0, 0.1) is 0 Å². The van der Waals surface area contributed by atoms with Gasteiger partial charge in [0.15, 0.2) is 0 Å². The number of rotatable bonds is 4. The number of hydrogen-bond acceptors (Lipinski definition) is 4. The first-order chi connectivity index (χ1) is 9.83. The van der Waals surface area contributed by atoms with E-state index in [4.69, 9.17) is 5.73 Å². The largest absolute Gasteiger partial charge is 0.399 e. The standard InChI is InChI=1S/C16H16N4/c17-13-6-7-14-15(10-13)19-11-20-16(14)18-9-8-12-4-2-1-3-5-12/h1-7,10-11H,8-9,17H2,(H,18,19,20). The van der Waals surface area contributed by atoms with Gasteiger partial charge in [-0.15, -0.1) is 0 Å². The molecular formula is C16H16N4. The van der Waals surface area contributed by atoms with Gasteiger partial charge in [0.1, 0.15) is 12.1 Å². The third-order valence-corrected chi connectivity index (χ3v) is 3.21. The van der Waals surface area contributed by atoms with E-state index in [1.165, 1.54) is 5.56 Å². The fourth-order valence-corrected chi connectivity index (χ4v) is 2.18. The highest BCUT2D eigenvalue weighted by Crippen LogP contribution is 2.21. The number of hydrogen-bond donors (Lipinski definition) is 2. The predicted octanol–water partition coefficient (Wildman–Crippen LogP) is 2.87. The van der Waals surface area contributed by atoms with Crippen LogP contribution >= 0.6 is 0 Å². The highest BCUT2D eigenvalue weighted by molar-refractivity contribution is 5.90. The molecule has 4 heteroatoms. The van der Waals surface area contributed by atoms with Crippen LogP contribution in [0.1, 0.15) is 5.56 Å². The molecule has 0 amide bonds. The molecule has 0 aliphatic rings. The Hall–Kier alpha value is -2.62. The van der Waals surface area contributed by atoms with Crippen molar-refractivity contribution in [3.05, 3.63) is 60.4 Å². The summed E-state index contributed by atoms with van der Waals surface area (Å²) in [5.41, 5.74) is 8.65. The molecule has 0 spiro atoms. The number of nitrogen functional groups attached to an aromatic ring is 1. The van der Waals surface area contributed by atoms with Crippen LogP contribution in [0.25, 0.3) is 10.9 Å². The predicted molar refractivity (Wildman–Crippen MR) is 82.6 cm³/mol. The van der Waals surface area contributed by atoms with Gasteiger partial charge in [0, 0.05) is 17.6 Å². The minimum atomic E-state index is 0.714. The van der Waals surface area contributed by atoms with E-state index in [-0.39, 0.29) is 0 Å². The van der Waals surface area contributed by atoms with Gasteiger partial charge in [0.25, 0.3) is 0 Å². The molecule has 0 saturated carbocycles. The van der Waals surface area contributed by atoms with Crippen molar-refractivity contribution < 1.29 is 0 Å². The third-order valence-electron chi connectivity index (χ3n) is 3.21. The summed E-state index contributed by atoms with van der Waals surface area (Å²) in [6.07, 6.45) is 2.52. The lowest BCUT2D eigenvalue weighted by Gasteiger charge is -2.08. The zero-order chi connectivity index (χ0) is 13.8. The first kappa shape index (κ1) is 12.4. The van der Waals surface area contributed by atoms with E-state index in [2.05, 4.69) is 39.6 Å². The van der Waals surface area contributed by atoms with E-state index in [0.717, 1.165) is 29.7 Å². The quantitative estimate of drug-likeness (QED) is 0.711. The monoisotopic (exact) mass is 264 g/mol. The smallest absolute Gasteiger partial charge is 0.137 e. The molecule has 0 aliphatic carbocycles. The Labute approximate surface area is 117 Å². The Bertz CT molecular complexity index is 710. The molecule has 0 unspecified atom stereocenters. The highest BCUT2D eigenvalue weighted by Gasteiger charge is 2.03. The lowest BCUT2D eigenvalue weighted by molar-refractivity contribution is 1.01. The van der Waals surface area contributed by atoms with Gasteiger partial charge in [-0.25, -0.2) is 9.97 Å². The first-order valence-electron chi connectivity index (χ1n) is 6.61. The highest BCUT2D eigenvalue weighted by atomic mass is 15.0. The zero-order valence-corrected chi connectivity index (χ0v) is 11.1. The molecule has 0 fully saturated rings. The second-order valence-corrected chi connectivity index (χ2v) is 4.66. The van der Waals surface area contributed by atoms with E-state index in [0.29, 0.717) is 5.69 Å². The Morgan fingerprint density at radius 1 is 1.00 bits per heavy atom. The summed E-state index contributed by atoms with van der Waals surface area (Å²) in [5, 5.41) is 4.36. The fourth-order valence-electron chi connectivity index (χ4n) is 2.18. The van der Waals surface area contributed by atoms with Crippen molar-refractivity contribution in [2.45, 2.75) is 6.42 Å². The third kappa shape index (κ3) is 2.69. The molecule has 4 nitrogen and oxygen atoms in total. The van der Waals surface area contributed by atoms with E-state index in [1.807, 2.05) is 24.3 Å². The average Bonchev–Trinajstić information content (AvgIpc) is 2.48. The molecule has 100 valence electrons. The van der Waals surface area contributed by atoms with Gasteiger partial charge < -0.3 is 11.1 Å². The SMILES string of the molecule is Nc1ccc2c(NCCc3ccccc3)ncnc2c1. The van der Waals surface area contributed by atoms with Crippen molar-refractivity contribution in [1.82, 2.24) is 9.97 Å². The molecule has 0 bridgehead atoms. The van der Waals surface area contributed by atoms with Gasteiger partial charge >= 0.3 is 0 Å². The van der Waals surface area contributed by atoms with Crippen molar-refractivity contribution in [3.8, 4) is 0 Å². The van der Waals surface area contributed by atoms with Gasteiger partial charge in [0.05, 0.1) is 5.52 Å². The molecule has 1 heterocycles. The molecule has 3 aromatic rings. The summed E-state index contributed by atoms with van der Waals surface area (Å²) in [7, 11) is 0. The summed E-state index contributed by atoms with van der Waals surface area (Å²) in [6.45, 7) is 0.834. The van der Waals surface area contributed by atoms with Gasteiger partial charge in [-0.3, -0.25) is 0 Å². The van der Waals surface area contributed by atoms with E-state index < -0.39 is 0 Å². The molecular weight excluding hydrogens is 248 g/mol. The minimum absolute atomic E-state index is 0.714. The van der Waals surface area contributed by atoms with Crippen molar-refractivity contribution >= 4 is 22.4 Å². The van der Waals surface area contributed by atoms with Crippen LogP contribution in [0.5, 0.6) is 0 Å². The first-order valence-corrected chi connectivity index (χ1v) is 6.61. The van der Waals surface area contributed by atoms with Crippen LogP contribution in [0.2, 0.25) is 0 Å². The summed E-state index contributed by atoms with van der Waals surface area (Å²) >= 11 is 0. The second-order valence-electron chi connectivity index (χ2n) is 4.66. The summed E-state index contributed by atoms with van der Waals surface area (Å²) in [6, 6.07) is 16.1. The van der Waals surface area contributed by atoms with Crippen molar-refractivity contribution in [3.63, 3.8) is 0 Å². The van der Waals surface area contributed by atoms with Crippen LogP contribution in [-0.4, -0.2) is 16.5 Å². The maximum atomic E-state index is 5.77. The Kier molecular flexibility index (Phi) is 3.46. The number of aromatic nitrogens is 2. The van der Waals surface area contributed by atoms with Crippen LogP contribution in [0.15, 0.2) is 54.9 Å². The maximum Gasteiger partial charge on any atom is 0.137 e. The van der Waals surface area contributed by atoms with E-state index in [1.54, 1.807) is 6.33 Å². The summed E-state index contributed by atoms with van der Waals surface area (Å²) in [5.74, 6) is 0.853. The fraction of sp³-hybridized carbons (Fsp3) is 0.125. The second kappa shape index (κ2) is 5.57.